The van der Waals surface area contributed by atoms with Crippen molar-refractivity contribution in [3.63, 3.8) is 0 Å². The maximum Gasteiger partial charge on any atom is 0.573 e. The van der Waals surface area contributed by atoms with Gasteiger partial charge in [-0.05, 0) is 25.0 Å². The predicted molar refractivity (Wildman–Crippen MR) is 58.1 cm³/mol. The molecule has 0 radical (unpaired) electrons. The van der Waals surface area contributed by atoms with E-state index < -0.39 is 6.36 Å². The molecule has 0 heterocycles. The van der Waals surface area contributed by atoms with Crippen molar-refractivity contribution in [2.45, 2.75) is 25.6 Å². The van der Waals surface area contributed by atoms with E-state index in [0.717, 1.165) is 0 Å². The summed E-state index contributed by atoms with van der Waals surface area (Å²) in [6.07, 6.45) is -2.88. The second-order valence-electron chi connectivity index (χ2n) is 3.49. The minimum Gasteiger partial charge on any atom is -0.493 e. The van der Waals surface area contributed by atoms with E-state index in [9.17, 15) is 13.2 Å². The molecule has 0 amide bonds. The molecule has 3 nitrogen and oxygen atoms in total. The number of rotatable bonds is 6. The first-order chi connectivity index (χ1) is 8.51. The maximum absolute atomic E-state index is 12.0. The van der Waals surface area contributed by atoms with E-state index in [-0.39, 0.29) is 5.75 Å². The molecular weight excluding hydrogens is 247 g/mol. The van der Waals surface area contributed by atoms with Crippen molar-refractivity contribution in [2.75, 3.05) is 6.61 Å². The van der Waals surface area contributed by atoms with Crippen molar-refractivity contribution < 1.29 is 22.6 Å². The molecule has 0 aromatic heterocycles. The number of nitriles is 1. The van der Waals surface area contributed by atoms with Crippen molar-refractivity contribution in [3.05, 3.63) is 24.3 Å². The molecule has 1 aromatic rings. The van der Waals surface area contributed by atoms with Crippen LogP contribution < -0.4 is 9.47 Å². The van der Waals surface area contributed by atoms with Crippen LogP contribution in [0.15, 0.2) is 24.3 Å². The summed E-state index contributed by atoms with van der Waals surface area (Å²) in [5.41, 5.74) is 0. The van der Waals surface area contributed by atoms with Gasteiger partial charge in [-0.1, -0.05) is 6.07 Å². The molecule has 0 aliphatic heterocycles. The van der Waals surface area contributed by atoms with Crippen LogP contribution in [0, 0.1) is 11.3 Å². The maximum atomic E-state index is 12.0. The predicted octanol–water partition coefficient (Wildman–Crippen LogP) is 3.66. The molecule has 0 saturated heterocycles. The molecule has 6 heteroatoms. The molecule has 1 rings (SSSR count). The van der Waals surface area contributed by atoms with E-state index >= 15 is 0 Å². The summed E-state index contributed by atoms with van der Waals surface area (Å²) in [6, 6.07) is 7.35. The van der Waals surface area contributed by atoms with Crippen LogP contribution >= 0.6 is 0 Å². The molecule has 1 aromatic carbocycles. The van der Waals surface area contributed by atoms with Crippen LogP contribution in [0.25, 0.3) is 0 Å². The van der Waals surface area contributed by atoms with Crippen molar-refractivity contribution in [1.29, 1.82) is 5.26 Å². The SMILES string of the molecule is N#CCCCCOc1cccc(OC(F)(F)F)c1. The van der Waals surface area contributed by atoms with Crippen LogP contribution in [0.5, 0.6) is 11.5 Å². The molecule has 0 aliphatic carbocycles. The zero-order valence-corrected chi connectivity index (χ0v) is 9.54. The van der Waals surface area contributed by atoms with Crippen molar-refractivity contribution in [3.8, 4) is 17.6 Å². The lowest BCUT2D eigenvalue weighted by Gasteiger charge is -2.10. The Kier molecular flexibility index (Phi) is 5.31. The van der Waals surface area contributed by atoms with Gasteiger partial charge in [-0.3, -0.25) is 0 Å². The molecule has 0 atom stereocenters. The van der Waals surface area contributed by atoms with Gasteiger partial charge in [0.05, 0.1) is 12.7 Å². The second-order valence-corrected chi connectivity index (χ2v) is 3.49. The highest BCUT2D eigenvalue weighted by Crippen LogP contribution is 2.26. The van der Waals surface area contributed by atoms with E-state index in [2.05, 4.69) is 4.74 Å². The first-order valence-corrected chi connectivity index (χ1v) is 5.37. The number of halogens is 3. The molecule has 0 spiro atoms. The van der Waals surface area contributed by atoms with E-state index in [4.69, 9.17) is 10.00 Å². The number of ether oxygens (including phenoxy) is 2. The highest BCUT2D eigenvalue weighted by molar-refractivity contribution is 5.33. The largest absolute Gasteiger partial charge is 0.573 e. The Morgan fingerprint density at radius 1 is 1.17 bits per heavy atom. The average molecular weight is 259 g/mol. The summed E-state index contributed by atoms with van der Waals surface area (Å²) in [5, 5.41) is 8.31. The fourth-order valence-electron chi connectivity index (χ4n) is 1.26. The Morgan fingerprint density at radius 3 is 2.56 bits per heavy atom. The number of alkyl halides is 3. The molecule has 0 aliphatic rings. The number of unbranched alkanes of at least 4 members (excludes halogenated alkanes) is 2. The molecule has 0 saturated carbocycles. The van der Waals surface area contributed by atoms with Gasteiger partial charge < -0.3 is 9.47 Å². The first kappa shape index (κ1) is 14.2. The highest BCUT2D eigenvalue weighted by Gasteiger charge is 2.31. The molecular formula is C12H12F3NO2. The van der Waals surface area contributed by atoms with Gasteiger partial charge in [-0.15, -0.1) is 13.2 Å². The summed E-state index contributed by atoms with van der Waals surface area (Å²) in [4.78, 5) is 0. The van der Waals surface area contributed by atoms with Gasteiger partial charge in [0.2, 0.25) is 0 Å². The van der Waals surface area contributed by atoms with Gasteiger partial charge in [-0.2, -0.15) is 5.26 Å². The summed E-state index contributed by atoms with van der Waals surface area (Å²) < 4.78 is 44.9. The van der Waals surface area contributed by atoms with Gasteiger partial charge >= 0.3 is 6.36 Å². The van der Waals surface area contributed by atoms with E-state index in [0.29, 0.717) is 31.6 Å². The van der Waals surface area contributed by atoms with Gasteiger partial charge in [0.25, 0.3) is 0 Å². The number of hydrogen-bond acceptors (Lipinski definition) is 3. The number of nitrogens with zero attached hydrogens (tertiary/aromatic N) is 1. The lowest BCUT2D eigenvalue weighted by molar-refractivity contribution is -0.274. The smallest absolute Gasteiger partial charge is 0.493 e. The third-order valence-electron chi connectivity index (χ3n) is 1.99. The quantitative estimate of drug-likeness (QED) is 0.732. The Morgan fingerprint density at radius 2 is 1.89 bits per heavy atom. The molecule has 0 fully saturated rings. The van der Waals surface area contributed by atoms with Crippen LogP contribution in [0.3, 0.4) is 0 Å². The summed E-state index contributed by atoms with van der Waals surface area (Å²) in [6.45, 7) is 0.358. The van der Waals surface area contributed by atoms with Gasteiger partial charge in [0, 0.05) is 12.5 Å². The normalized spacial score (nSPS) is 10.8. The van der Waals surface area contributed by atoms with Gasteiger partial charge in [0.1, 0.15) is 11.5 Å². The third-order valence-corrected chi connectivity index (χ3v) is 1.99. The van der Waals surface area contributed by atoms with Gasteiger partial charge in [-0.25, -0.2) is 0 Å². The minimum absolute atomic E-state index is 0.308. The zero-order valence-electron chi connectivity index (χ0n) is 9.54. The number of hydrogen-bond donors (Lipinski definition) is 0. The molecule has 98 valence electrons. The van der Waals surface area contributed by atoms with E-state index in [1.54, 1.807) is 6.07 Å². The van der Waals surface area contributed by atoms with Crippen molar-refractivity contribution in [1.82, 2.24) is 0 Å². The van der Waals surface area contributed by atoms with Crippen LogP contribution in [0.4, 0.5) is 13.2 Å². The first-order valence-electron chi connectivity index (χ1n) is 5.37. The lowest BCUT2D eigenvalue weighted by Crippen LogP contribution is -2.17. The fraction of sp³-hybridized carbons (Fsp3) is 0.417. The summed E-state index contributed by atoms with van der Waals surface area (Å²) in [7, 11) is 0. The highest BCUT2D eigenvalue weighted by atomic mass is 19.4. The topological polar surface area (TPSA) is 42.2 Å². The Hall–Kier alpha value is -1.90. The Bertz CT molecular complexity index is 413. The van der Waals surface area contributed by atoms with E-state index in [1.807, 2.05) is 6.07 Å². The fourth-order valence-corrected chi connectivity index (χ4v) is 1.26. The summed E-state index contributed by atoms with van der Waals surface area (Å²) >= 11 is 0. The summed E-state index contributed by atoms with van der Waals surface area (Å²) in [5.74, 6) is 0.00531. The van der Waals surface area contributed by atoms with Crippen molar-refractivity contribution in [2.24, 2.45) is 0 Å². The van der Waals surface area contributed by atoms with E-state index in [1.165, 1.54) is 18.2 Å². The van der Waals surface area contributed by atoms with Crippen molar-refractivity contribution >= 4 is 0 Å². The monoisotopic (exact) mass is 259 g/mol. The standard InChI is InChI=1S/C12H12F3NO2/c13-12(14,15)18-11-6-4-5-10(9-11)17-8-3-1-2-7-16/h4-6,9H,1-3,8H2. The number of benzene rings is 1. The molecule has 0 unspecified atom stereocenters. The molecule has 0 N–H and O–H groups in total. The molecule has 0 bridgehead atoms. The average Bonchev–Trinajstić information content (AvgIpc) is 2.27. The molecule has 18 heavy (non-hydrogen) atoms. The zero-order chi connectivity index (χ0) is 13.4. The van der Waals surface area contributed by atoms with Crippen LogP contribution in [0.1, 0.15) is 19.3 Å². The van der Waals surface area contributed by atoms with Crippen LogP contribution in [0.2, 0.25) is 0 Å². The Labute approximate surface area is 103 Å². The van der Waals surface area contributed by atoms with Gasteiger partial charge in [0.15, 0.2) is 0 Å². The van der Waals surface area contributed by atoms with Crippen LogP contribution in [-0.4, -0.2) is 13.0 Å². The lowest BCUT2D eigenvalue weighted by atomic mass is 10.2. The van der Waals surface area contributed by atoms with Crippen LogP contribution in [-0.2, 0) is 0 Å². The third kappa shape index (κ3) is 5.99. The Balaban J connectivity index is 2.42. The second kappa shape index (κ2) is 6.74. The minimum atomic E-state index is -4.70.